The number of rotatable bonds is 4. The second-order valence-corrected chi connectivity index (χ2v) is 5.08. The van der Waals surface area contributed by atoms with Gasteiger partial charge in [0.15, 0.2) is 28.7 Å². The first kappa shape index (κ1) is 20.2. The summed E-state index contributed by atoms with van der Waals surface area (Å²) in [6.07, 6.45) is -4.95. The van der Waals surface area contributed by atoms with Gasteiger partial charge in [-0.05, 0) is 24.3 Å². The second-order valence-electron chi connectivity index (χ2n) is 5.08. The molecule has 0 heterocycles. The first-order valence-corrected chi connectivity index (χ1v) is 7.26. The van der Waals surface area contributed by atoms with Crippen molar-refractivity contribution in [2.75, 3.05) is 5.32 Å². The van der Waals surface area contributed by atoms with Crippen molar-refractivity contribution in [3.8, 4) is 29.7 Å². The highest BCUT2D eigenvalue weighted by Crippen LogP contribution is 2.37. The number of ether oxygens (including phenoxy) is 1. The lowest BCUT2D eigenvalue weighted by atomic mass is 10.2. The van der Waals surface area contributed by atoms with Crippen LogP contribution in [0.1, 0.15) is 5.56 Å². The molecule has 0 unspecified atom stereocenters. The molecule has 140 valence electrons. The van der Waals surface area contributed by atoms with Crippen molar-refractivity contribution in [2.24, 2.45) is 0 Å². The molecule has 28 heavy (non-hydrogen) atoms. The monoisotopic (exact) mass is 390 g/mol. The summed E-state index contributed by atoms with van der Waals surface area (Å²) in [6, 6.07) is 10.1. The second kappa shape index (κ2) is 8.07. The van der Waals surface area contributed by atoms with Gasteiger partial charge in [-0.3, -0.25) is 0 Å². The summed E-state index contributed by atoms with van der Waals surface area (Å²) in [4.78, 5) is 0. The van der Waals surface area contributed by atoms with Crippen LogP contribution < -0.4 is 10.1 Å². The molecule has 0 saturated carbocycles. The van der Waals surface area contributed by atoms with Gasteiger partial charge in [0.25, 0.3) is 0 Å². The summed E-state index contributed by atoms with van der Waals surface area (Å²) in [5.74, 6) is -4.53. The number of nitriles is 3. The van der Waals surface area contributed by atoms with E-state index in [9.17, 15) is 22.0 Å². The van der Waals surface area contributed by atoms with Gasteiger partial charge < -0.3 is 10.1 Å². The van der Waals surface area contributed by atoms with Gasteiger partial charge in [-0.25, -0.2) is 8.78 Å². The predicted molar refractivity (Wildman–Crippen MR) is 85.4 cm³/mol. The van der Waals surface area contributed by atoms with Crippen molar-refractivity contribution >= 4 is 5.69 Å². The van der Waals surface area contributed by atoms with Gasteiger partial charge in [0.2, 0.25) is 0 Å². The fourth-order valence-electron chi connectivity index (χ4n) is 2.01. The largest absolute Gasteiger partial charge is 0.449 e. The molecule has 0 radical (unpaired) electrons. The van der Waals surface area contributed by atoms with Crippen LogP contribution >= 0.6 is 0 Å². The van der Waals surface area contributed by atoms with E-state index in [0.717, 1.165) is 0 Å². The van der Waals surface area contributed by atoms with Crippen molar-refractivity contribution in [1.29, 1.82) is 15.8 Å². The van der Waals surface area contributed by atoms with Gasteiger partial charge in [-0.1, -0.05) is 12.1 Å². The Morgan fingerprint density at radius 3 is 2.00 bits per heavy atom. The quantitative estimate of drug-likeness (QED) is 0.585. The SMILES string of the molecule is N#CC(C#N)=C(C#N)Nc1ccccc1Oc1c(F)cc(C(F)(F)F)cc1F. The van der Waals surface area contributed by atoms with E-state index in [4.69, 9.17) is 20.5 Å². The van der Waals surface area contributed by atoms with E-state index in [1.54, 1.807) is 6.07 Å². The summed E-state index contributed by atoms with van der Waals surface area (Å²) in [7, 11) is 0. The molecule has 0 spiro atoms. The van der Waals surface area contributed by atoms with Crippen LogP contribution in [0.2, 0.25) is 0 Å². The number of halogens is 5. The number of nitrogens with one attached hydrogen (secondary N) is 1. The zero-order valence-corrected chi connectivity index (χ0v) is 13.6. The minimum absolute atomic E-state index is 0.0549. The summed E-state index contributed by atoms with van der Waals surface area (Å²) in [5.41, 5.74) is -2.58. The van der Waals surface area contributed by atoms with Crippen LogP contribution in [0.15, 0.2) is 47.7 Å². The van der Waals surface area contributed by atoms with E-state index in [2.05, 4.69) is 5.32 Å². The first-order valence-electron chi connectivity index (χ1n) is 7.26. The summed E-state index contributed by atoms with van der Waals surface area (Å²) in [6.45, 7) is 0. The summed E-state index contributed by atoms with van der Waals surface area (Å²) < 4.78 is 70.9. The first-order chi connectivity index (χ1) is 13.2. The Bertz CT molecular complexity index is 1030. The minimum Gasteiger partial charge on any atom is -0.449 e. The number of hydrogen-bond acceptors (Lipinski definition) is 5. The topological polar surface area (TPSA) is 92.6 Å². The van der Waals surface area contributed by atoms with Gasteiger partial charge in [0, 0.05) is 0 Å². The van der Waals surface area contributed by atoms with Gasteiger partial charge in [-0.2, -0.15) is 29.0 Å². The van der Waals surface area contributed by atoms with Crippen molar-refractivity contribution in [2.45, 2.75) is 6.18 Å². The number of allylic oxidation sites excluding steroid dienone is 2. The number of para-hydroxylation sites is 2. The number of alkyl halides is 3. The van der Waals surface area contributed by atoms with Crippen LogP contribution in [-0.2, 0) is 6.18 Å². The third-order valence-electron chi connectivity index (χ3n) is 3.27. The maximum atomic E-state index is 14.0. The van der Waals surface area contributed by atoms with E-state index in [1.165, 1.54) is 36.4 Å². The molecule has 2 aromatic carbocycles. The number of anilines is 1. The van der Waals surface area contributed by atoms with Gasteiger partial charge >= 0.3 is 6.18 Å². The molecule has 10 heteroatoms. The third-order valence-corrected chi connectivity index (χ3v) is 3.27. The van der Waals surface area contributed by atoms with E-state index < -0.39 is 40.4 Å². The van der Waals surface area contributed by atoms with Crippen molar-refractivity contribution in [3.05, 3.63) is 64.9 Å². The zero-order chi connectivity index (χ0) is 20.9. The Balaban J connectivity index is 2.46. The molecule has 0 bridgehead atoms. The highest BCUT2D eigenvalue weighted by atomic mass is 19.4. The lowest BCUT2D eigenvalue weighted by molar-refractivity contribution is -0.138. The Kier molecular flexibility index (Phi) is 5.82. The highest BCUT2D eigenvalue weighted by molar-refractivity contribution is 5.65. The fourth-order valence-corrected chi connectivity index (χ4v) is 2.01. The van der Waals surface area contributed by atoms with Gasteiger partial charge in [0.1, 0.15) is 23.9 Å². The van der Waals surface area contributed by atoms with Gasteiger partial charge in [0.05, 0.1) is 11.3 Å². The minimum atomic E-state index is -4.95. The third kappa shape index (κ3) is 4.35. The number of nitrogens with zero attached hydrogens (tertiary/aromatic N) is 3. The molecule has 0 amide bonds. The van der Waals surface area contributed by atoms with E-state index in [-0.39, 0.29) is 23.6 Å². The molecule has 0 aliphatic carbocycles. The van der Waals surface area contributed by atoms with E-state index >= 15 is 0 Å². The predicted octanol–water partition coefficient (Wildman–Crippen LogP) is 5.01. The Morgan fingerprint density at radius 2 is 1.50 bits per heavy atom. The maximum absolute atomic E-state index is 14.0. The standard InChI is InChI=1S/C18H7F5N4O/c19-12-5-11(18(21,22)23)6-13(20)17(12)28-16-4-2-1-3-14(16)27-15(9-26)10(7-24)8-25/h1-6,27H. The molecule has 0 fully saturated rings. The average molecular weight is 390 g/mol. The molecule has 0 aliphatic heterocycles. The molecule has 1 N–H and O–H groups in total. The van der Waals surface area contributed by atoms with Crippen molar-refractivity contribution < 1.29 is 26.7 Å². The van der Waals surface area contributed by atoms with Crippen molar-refractivity contribution in [1.82, 2.24) is 0 Å². The molecule has 0 aliphatic rings. The Hall–Kier alpha value is -4.10. The number of hydrogen-bond donors (Lipinski definition) is 1. The van der Waals surface area contributed by atoms with Crippen LogP contribution in [0.4, 0.5) is 27.6 Å². The van der Waals surface area contributed by atoms with Crippen LogP contribution in [0.25, 0.3) is 0 Å². The molecule has 0 atom stereocenters. The molecular formula is C18H7F5N4O. The summed E-state index contributed by atoms with van der Waals surface area (Å²) >= 11 is 0. The average Bonchev–Trinajstić information content (AvgIpc) is 2.64. The van der Waals surface area contributed by atoms with Gasteiger partial charge in [-0.15, -0.1) is 0 Å². The Morgan fingerprint density at radius 1 is 0.929 bits per heavy atom. The molecule has 5 nitrogen and oxygen atoms in total. The Labute approximate surface area is 155 Å². The molecule has 0 aromatic heterocycles. The molecule has 0 saturated heterocycles. The fraction of sp³-hybridized carbons (Fsp3) is 0.0556. The van der Waals surface area contributed by atoms with Crippen LogP contribution in [0, 0.1) is 45.6 Å². The molecular weight excluding hydrogens is 383 g/mol. The van der Waals surface area contributed by atoms with Crippen molar-refractivity contribution in [3.63, 3.8) is 0 Å². The van der Waals surface area contributed by atoms with Crippen LogP contribution in [0.3, 0.4) is 0 Å². The van der Waals surface area contributed by atoms with E-state index in [0.29, 0.717) is 0 Å². The van der Waals surface area contributed by atoms with E-state index in [1.807, 2.05) is 0 Å². The highest BCUT2D eigenvalue weighted by Gasteiger charge is 2.33. The summed E-state index contributed by atoms with van der Waals surface area (Å²) in [5, 5.41) is 29.1. The molecule has 2 aromatic rings. The van der Waals surface area contributed by atoms with Crippen LogP contribution in [0.5, 0.6) is 11.5 Å². The lowest BCUT2D eigenvalue weighted by Gasteiger charge is -2.14. The normalized spacial score (nSPS) is 10.2. The number of benzene rings is 2. The van der Waals surface area contributed by atoms with Crippen LogP contribution in [-0.4, -0.2) is 0 Å². The maximum Gasteiger partial charge on any atom is 0.416 e. The zero-order valence-electron chi connectivity index (χ0n) is 13.6. The molecule has 2 rings (SSSR count). The lowest BCUT2D eigenvalue weighted by Crippen LogP contribution is -2.07. The smallest absolute Gasteiger partial charge is 0.416 e.